The molecule has 0 saturated carbocycles. The van der Waals surface area contributed by atoms with Gasteiger partial charge in [-0.1, -0.05) is 6.07 Å². The lowest BCUT2D eigenvalue weighted by molar-refractivity contribution is -0.384. The van der Waals surface area contributed by atoms with E-state index in [9.17, 15) is 18.5 Å². The van der Waals surface area contributed by atoms with E-state index in [2.05, 4.69) is 4.72 Å². The Hall–Kier alpha value is -2.14. The average Bonchev–Trinajstić information content (AvgIpc) is 2.27. The van der Waals surface area contributed by atoms with Gasteiger partial charge in [-0.25, -0.2) is 8.42 Å². The van der Waals surface area contributed by atoms with E-state index in [-0.39, 0.29) is 11.4 Å². The molecule has 1 unspecified atom stereocenters. The van der Waals surface area contributed by atoms with E-state index in [4.69, 9.17) is 5.26 Å². The van der Waals surface area contributed by atoms with Gasteiger partial charge >= 0.3 is 0 Å². The molecule has 8 heteroatoms. The van der Waals surface area contributed by atoms with Crippen LogP contribution in [0.4, 0.5) is 11.4 Å². The predicted octanol–water partition coefficient (Wildman–Crippen LogP) is 1.25. The van der Waals surface area contributed by atoms with Crippen LogP contribution in [0.25, 0.3) is 0 Å². The quantitative estimate of drug-likeness (QED) is 0.642. The van der Waals surface area contributed by atoms with Crippen molar-refractivity contribution in [3.8, 4) is 6.07 Å². The Balaban J connectivity index is 3.01. The second kappa shape index (κ2) is 4.80. The number of nitro groups is 1. The van der Waals surface area contributed by atoms with Gasteiger partial charge in [0.15, 0.2) is 5.25 Å². The number of sulfonamides is 1. The Kier molecular flexibility index (Phi) is 3.65. The first kappa shape index (κ1) is 12.9. The van der Waals surface area contributed by atoms with Crippen molar-refractivity contribution in [2.75, 3.05) is 4.72 Å². The van der Waals surface area contributed by atoms with Crippen molar-refractivity contribution in [2.24, 2.45) is 0 Å². The van der Waals surface area contributed by atoms with Gasteiger partial charge in [0.2, 0.25) is 10.0 Å². The summed E-state index contributed by atoms with van der Waals surface area (Å²) in [6, 6.07) is 6.63. The van der Waals surface area contributed by atoms with Gasteiger partial charge in [-0.3, -0.25) is 14.8 Å². The lowest BCUT2D eigenvalue weighted by Gasteiger charge is -2.08. The predicted molar refractivity (Wildman–Crippen MR) is 60.7 cm³/mol. The Morgan fingerprint density at radius 2 is 2.18 bits per heavy atom. The molecule has 0 aliphatic heterocycles. The molecule has 90 valence electrons. The second-order valence-corrected chi connectivity index (χ2v) is 5.23. The fraction of sp³-hybridized carbons (Fsp3) is 0.222. The van der Waals surface area contributed by atoms with Crippen molar-refractivity contribution in [3.63, 3.8) is 0 Å². The van der Waals surface area contributed by atoms with Crippen molar-refractivity contribution in [1.29, 1.82) is 5.26 Å². The van der Waals surface area contributed by atoms with E-state index in [1.165, 1.54) is 25.1 Å². The number of non-ortho nitro benzene ring substituents is 1. The van der Waals surface area contributed by atoms with Crippen LogP contribution in [0.3, 0.4) is 0 Å². The molecular weight excluding hydrogens is 246 g/mol. The highest BCUT2D eigenvalue weighted by molar-refractivity contribution is 7.93. The fourth-order valence-corrected chi connectivity index (χ4v) is 1.78. The molecule has 0 spiro atoms. The van der Waals surface area contributed by atoms with Crippen LogP contribution < -0.4 is 4.72 Å². The largest absolute Gasteiger partial charge is 0.282 e. The number of rotatable bonds is 4. The van der Waals surface area contributed by atoms with Crippen molar-refractivity contribution in [3.05, 3.63) is 34.4 Å². The van der Waals surface area contributed by atoms with E-state index in [1.54, 1.807) is 6.07 Å². The van der Waals surface area contributed by atoms with Crippen LogP contribution >= 0.6 is 0 Å². The molecule has 7 nitrogen and oxygen atoms in total. The first-order valence-electron chi connectivity index (χ1n) is 4.52. The minimum atomic E-state index is -3.84. The summed E-state index contributed by atoms with van der Waals surface area (Å²) in [5.41, 5.74) is -0.170. The number of nitriles is 1. The summed E-state index contributed by atoms with van der Waals surface area (Å²) >= 11 is 0. The molecule has 1 N–H and O–H groups in total. The molecule has 0 bridgehead atoms. The Morgan fingerprint density at radius 1 is 1.53 bits per heavy atom. The van der Waals surface area contributed by atoms with Gasteiger partial charge in [0.25, 0.3) is 5.69 Å². The minimum absolute atomic E-state index is 0.0568. The van der Waals surface area contributed by atoms with Crippen LogP contribution in [-0.2, 0) is 10.0 Å². The zero-order valence-electron chi connectivity index (χ0n) is 8.82. The Bertz CT molecular complexity index is 576. The first-order chi connectivity index (χ1) is 7.86. The molecule has 0 radical (unpaired) electrons. The zero-order valence-corrected chi connectivity index (χ0v) is 9.64. The molecule has 0 aliphatic rings. The van der Waals surface area contributed by atoms with Gasteiger partial charge in [-0.15, -0.1) is 0 Å². The molecule has 1 atom stereocenters. The topological polar surface area (TPSA) is 113 Å². The van der Waals surface area contributed by atoms with Gasteiger partial charge in [-0.2, -0.15) is 5.26 Å². The molecule has 0 heterocycles. The van der Waals surface area contributed by atoms with Crippen LogP contribution in [0.2, 0.25) is 0 Å². The van der Waals surface area contributed by atoms with E-state index >= 15 is 0 Å². The molecule has 1 rings (SSSR count). The van der Waals surface area contributed by atoms with Crippen LogP contribution in [0.1, 0.15) is 6.92 Å². The van der Waals surface area contributed by atoms with Crippen LogP contribution in [0.5, 0.6) is 0 Å². The normalized spacial score (nSPS) is 12.5. The van der Waals surface area contributed by atoms with Crippen molar-refractivity contribution >= 4 is 21.4 Å². The molecular formula is C9H9N3O4S. The minimum Gasteiger partial charge on any atom is -0.282 e. The summed E-state index contributed by atoms with van der Waals surface area (Å²) in [5, 5.41) is 17.8. The summed E-state index contributed by atoms with van der Waals surface area (Å²) in [4.78, 5) is 9.85. The fourth-order valence-electron chi connectivity index (χ4n) is 1.01. The molecule has 1 aromatic carbocycles. The third-order valence-electron chi connectivity index (χ3n) is 1.96. The number of nitrogens with one attached hydrogen (secondary N) is 1. The number of nitrogens with zero attached hydrogens (tertiary/aromatic N) is 2. The average molecular weight is 255 g/mol. The molecule has 0 aromatic heterocycles. The standard InChI is InChI=1S/C9H9N3O4S/c1-7(6-10)17(15,16)11-8-3-2-4-9(5-8)12(13)14/h2-5,7,11H,1H3. The van der Waals surface area contributed by atoms with Gasteiger partial charge in [0.05, 0.1) is 16.7 Å². The SMILES string of the molecule is CC(C#N)S(=O)(=O)Nc1cccc([N+](=O)[O-])c1. The summed E-state index contributed by atoms with van der Waals surface area (Å²) in [5.74, 6) is 0. The van der Waals surface area contributed by atoms with Gasteiger partial charge in [0, 0.05) is 12.1 Å². The molecule has 17 heavy (non-hydrogen) atoms. The number of hydrogen-bond donors (Lipinski definition) is 1. The lowest BCUT2D eigenvalue weighted by atomic mass is 10.3. The van der Waals surface area contributed by atoms with Crippen LogP contribution in [-0.4, -0.2) is 18.6 Å². The highest BCUT2D eigenvalue weighted by Crippen LogP contribution is 2.18. The molecule has 0 aliphatic carbocycles. The summed E-state index contributed by atoms with van der Waals surface area (Å²) in [6.45, 7) is 1.22. The highest BCUT2D eigenvalue weighted by atomic mass is 32.2. The Morgan fingerprint density at radius 3 is 2.71 bits per heavy atom. The van der Waals surface area contributed by atoms with E-state index in [0.717, 1.165) is 6.07 Å². The lowest BCUT2D eigenvalue weighted by Crippen LogP contribution is -2.23. The summed E-state index contributed by atoms with van der Waals surface area (Å²) in [7, 11) is -3.84. The monoisotopic (exact) mass is 255 g/mol. The third kappa shape index (κ3) is 3.15. The number of nitro benzene ring substituents is 1. The molecule has 1 aromatic rings. The maximum absolute atomic E-state index is 11.5. The molecule has 0 fully saturated rings. The number of hydrogen-bond acceptors (Lipinski definition) is 5. The maximum atomic E-state index is 11.5. The van der Waals surface area contributed by atoms with Crippen molar-refractivity contribution < 1.29 is 13.3 Å². The first-order valence-corrected chi connectivity index (χ1v) is 6.07. The van der Waals surface area contributed by atoms with Gasteiger partial charge in [0.1, 0.15) is 0 Å². The van der Waals surface area contributed by atoms with E-state index in [0.29, 0.717) is 0 Å². The summed E-state index contributed by atoms with van der Waals surface area (Å²) in [6.07, 6.45) is 0. The van der Waals surface area contributed by atoms with Gasteiger partial charge in [-0.05, 0) is 13.0 Å². The van der Waals surface area contributed by atoms with Gasteiger partial charge < -0.3 is 0 Å². The van der Waals surface area contributed by atoms with Crippen molar-refractivity contribution in [1.82, 2.24) is 0 Å². The Labute approximate surface area is 97.9 Å². The summed E-state index contributed by atoms with van der Waals surface area (Å²) < 4.78 is 25.1. The highest BCUT2D eigenvalue weighted by Gasteiger charge is 2.20. The molecule has 0 amide bonds. The van der Waals surface area contributed by atoms with Crippen LogP contribution in [0.15, 0.2) is 24.3 Å². The van der Waals surface area contributed by atoms with Crippen LogP contribution in [0, 0.1) is 21.4 Å². The third-order valence-corrected chi connectivity index (χ3v) is 3.52. The second-order valence-electron chi connectivity index (χ2n) is 3.23. The van der Waals surface area contributed by atoms with E-state index < -0.39 is 20.2 Å². The van der Waals surface area contributed by atoms with E-state index in [1.807, 2.05) is 0 Å². The van der Waals surface area contributed by atoms with Crippen molar-refractivity contribution in [2.45, 2.75) is 12.2 Å². The number of anilines is 1. The zero-order chi connectivity index (χ0) is 13.1. The maximum Gasteiger partial charge on any atom is 0.271 e. The molecule has 0 saturated heterocycles. The number of benzene rings is 1. The smallest absolute Gasteiger partial charge is 0.271 e.